The van der Waals surface area contributed by atoms with E-state index in [1.165, 1.54) is 20.0 Å². The number of nitrogens with zero attached hydrogens (tertiary/aromatic N) is 2. The number of carbonyl (C=O) groups is 1. The highest BCUT2D eigenvalue weighted by molar-refractivity contribution is 6.30. The minimum absolute atomic E-state index is 0.352. The van der Waals surface area contributed by atoms with Crippen molar-refractivity contribution in [3.63, 3.8) is 0 Å². The number of aromatic nitrogens is 1. The molecule has 2 aromatic carbocycles. The molecule has 0 radical (unpaired) electrons. The summed E-state index contributed by atoms with van der Waals surface area (Å²) in [5, 5.41) is 2.71. The predicted octanol–water partition coefficient (Wildman–Crippen LogP) is 6.51. The lowest BCUT2D eigenvalue weighted by Gasteiger charge is -2.33. The molecule has 0 aliphatic carbocycles. The fourth-order valence-electron chi connectivity index (χ4n) is 3.38. The maximum atomic E-state index is 13.3. The molecule has 5 nitrogen and oxygen atoms in total. The van der Waals surface area contributed by atoms with Crippen LogP contribution in [0.25, 0.3) is 0 Å². The molecule has 0 aliphatic heterocycles. The third-order valence-corrected chi connectivity index (χ3v) is 5.78. The smallest absolute Gasteiger partial charge is 0.421 e. The number of nitrogens with one attached hydrogen (secondary N) is 1. The number of alkyl halides is 3. The zero-order valence-corrected chi connectivity index (χ0v) is 20.7. The summed E-state index contributed by atoms with van der Waals surface area (Å²) in [6.45, 7) is 2.75. The summed E-state index contributed by atoms with van der Waals surface area (Å²) in [5.74, 6) is -1.32. The van der Waals surface area contributed by atoms with E-state index in [9.17, 15) is 18.0 Å². The molecule has 1 aromatic heterocycles. The van der Waals surface area contributed by atoms with Gasteiger partial charge in [0.15, 0.2) is 5.60 Å². The molecular weight excluding hydrogens is 502 g/mol. The molecule has 1 amide bonds. The fraction of sp³-hybridized carbons (Fsp3) is 0.280. The fourth-order valence-corrected chi connectivity index (χ4v) is 3.71. The van der Waals surface area contributed by atoms with Crippen molar-refractivity contribution in [2.24, 2.45) is 0 Å². The summed E-state index contributed by atoms with van der Waals surface area (Å²) >= 11 is 12.2. The number of amides is 1. The highest BCUT2D eigenvalue weighted by atomic mass is 35.5. The van der Waals surface area contributed by atoms with Gasteiger partial charge in [-0.1, -0.05) is 47.5 Å². The summed E-state index contributed by atoms with van der Waals surface area (Å²) in [6.07, 6.45) is -3.01. The van der Waals surface area contributed by atoms with Gasteiger partial charge in [0, 0.05) is 23.3 Å². The van der Waals surface area contributed by atoms with Gasteiger partial charge in [-0.15, -0.1) is 0 Å². The molecule has 1 N–H and O–H groups in total. The maximum Gasteiger partial charge on any atom is 0.421 e. The minimum atomic E-state index is -4.68. The molecule has 186 valence electrons. The molecule has 35 heavy (non-hydrogen) atoms. The quantitative estimate of drug-likeness (QED) is 0.340. The Hall–Kier alpha value is -2.81. The third-order valence-electron chi connectivity index (χ3n) is 5.30. The van der Waals surface area contributed by atoms with Crippen LogP contribution in [0.15, 0.2) is 66.9 Å². The Labute approximate surface area is 211 Å². The van der Waals surface area contributed by atoms with Gasteiger partial charge >= 0.3 is 6.18 Å². The Morgan fingerprint density at radius 2 is 1.74 bits per heavy atom. The standard InChI is InChI=1S/C25H24Cl2F3N3O2/c1-24(2,35-22-20(25(28,29)30)8-5-13-31-22)23(34)32-33(3)21(17-6-4-7-19(27)15-17)14-16-9-11-18(26)12-10-16/h4-13,15,21H,14H2,1-3H3,(H,32,34). The number of hydrogen-bond donors (Lipinski definition) is 1. The van der Waals surface area contributed by atoms with Crippen LogP contribution in [0.2, 0.25) is 10.0 Å². The number of benzene rings is 2. The summed E-state index contributed by atoms with van der Waals surface area (Å²) in [6, 6.07) is 16.2. The van der Waals surface area contributed by atoms with Gasteiger partial charge in [-0.3, -0.25) is 10.2 Å². The Kier molecular flexibility index (Phi) is 8.30. The summed E-state index contributed by atoms with van der Waals surface area (Å²) in [7, 11) is 1.66. The number of hydrazine groups is 1. The highest BCUT2D eigenvalue weighted by Crippen LogP contribution is 2.36. The first-order valence-corrected chi connectivity index (χ1v) is 11.4. The Morgan fingerprint density at radius 3 is 2.37 bits per heavy atom. The lowest BCUT2D eigenvalue weighted by atomic mass is 9.98. The van der Waals surface area contributed by atoms with E-state index in [4.69, 9.17) is 27.9 Å². The van der Waals surface area contributed by atoms with E-state index in [0.717, 1.165) is 23.3 Å². The molecule has 0 bridgehead atoms. The Bertz CT molecular complexity index is 1170. The number of likely N-dealkylation sites (N-methyl/N-ethyl adjacent to an activating group) is 1. The van der Waals surface area contributed by atoms with Crippen LogP contribution in [0, 0.1) is 0 Å². The largest absolute Gasteiger partial charge is 0.461 e. The minimum Gasteiger partial charge on any atom is -0.461 e. The van der Waals surface area contributed by atoms with Crippen LogP contribution in [-0.2, 0) is 17.4 Å². The van der Waals surface area contributed by atoms with Gasteiger partial charge in [-0.2, -0.15) is 13.2 Å². The number of hydrogen-bond acceptors (Lipinski definition) is 4. The first kappa shape index (κ1) is 26.8. The molecular formula is C25H24Cl2F3N3O2. The van der Waals surface area contributed by atoms with Crippen LogP contribution in [0.4, 0.5) is 13.2 Å². The van der Waals surface area contributed by atoms with Gasteiger partial charge < -0.3 is 4.74 Å². The van der Waals surface area contributed by atoms with Gasteiger partial charge in [-0.25, -0.2) is 9.99 Å². The highest BCUT2D eigenvalue weighted by Gasteiger charge is 2.39. The molecule has 0 saturated carbocycles. The second kappa shape index (κ2) is 10.8. The third kappa shape index (κ3) is 7.10. The second-order valence-corrected chi connectivity index (χ2v) is 9.29. The number of ether oxygens (including phenoxy) is 1. The van der Waals surface area contributed by atoms with E-state index in [2.05, 4.69) is 10.4 Å². The van der Waals surface area contributed by atoms with E-state index < -0.39 is 29.1 Å². The topological polar surface area (TPSA) is 54.5 Å². The predicted molar refractivity (Wildman–Crippen MR) is 129 cm³/mol. The lowest BCUT2D eigenvalue weighted by Crippen LogP contribution is -2.53. The molecule has 0 spiro atoms. The maximum absolute atomic E-state index is 13.3. The van der Waals surface area contributed by atoms with Crippen molar-refractivity contribution >= 4 is 29.1 Å². The Morgan fingerprint density at radius 1 is 1.06 bits per heavy atom. The van der Waals surface area contributed by atoms with Crippen molar-refractivity contribution in [1.82, 2.24) is 15.4 Å². The van der Waals surface area contributed by atoms with E-state index in [-0.39, 0.29) is 6.04 Å². The summed E-state index contributed by atoms with van der Waals surface area (Å²) in [5.41, 5.74) is 1.80. The van der Waals surface area contributed by atoms with E-state index in [1.807, 2.05) is 18.2 Å². The zero-order valence-electron chi connectivity index (χ0n) is 19.2. The van der Waals surface area contributed by atoms with Crippen LogP contribution in [0.1, 0.15) is 36.6 Å². The van der Waals surface area contributed by atoms with Crippen molar-refractivity contribution in [2.45, 2.75) is 38.1 Å². The number of rotatable bonds is 8. The van der Waals surface area contributed by atoms with Crippen LogP contribution >= 0.6 is 23.2 Å². The van der Waals surface area contributed by atoms with Gasteiger partial charge in [0.05, 0.1) is 6.04 Å². The van der Waals surface area contributed by atoms with Gasteiger partial charge in [0.25, 0.3) is 5.91 Å². The van der Waals surface area contributed by atoms with E-state index in [0.29, 0.717) is 16.5 Å². The normalized spacial score (nSPS) is 12.9. The van der Waals surface area contributed by atoms with Crippen molar-refractivity contribution in [1.29, 1.82) is 0 Å². The number of pyridine rings is 1. The first-order chi connectivity index (χ1) is 16.4. The van der Waals surface area contributed by atoms with Gasteiger partial charge in [0.1, 0.15) is 5.56 Å². The second-order valence-electron chi connectivity index (χ2n) is 8.42. The van der Waals surface area contributed by atoms with Crippen LogP contribution in [-0.4, -0.2) is 28.5 Å². The average molecular weight is 526 g/mol. The van der Waals surface area contributed by atoms with Crippen molar-refractivity contribution in [2.75, 3.05) is 7.05 Å². The molecule has 0 fully saturated rings. The molecule has 10 heteroatoms. The monoisotopic (exact) mass is 525 g/mol. The van der Waals surface area contributed by atoms with E-state index in [1.54, 1.807) is 42.4 Å². The lowest BCUT2D eigenvalue weighted by molar-refractivity contribution is -0.146. The summed E-state index contributed by atoms with van der Waals surface area (Å²) < 4.78 is 45.5. The average Bonchev–Trinajstić information content (AvgIpc) is 2.78. The van der Waals surface area contributed by atoms with Crippen molar-refractivity contribution in [3.05, 3.63) is 93.6 Å². The molecule has 1 atom stereocenters. The number of carbonyl (C=O) groups excluding carboxylic acids is 1. The van der Waals surface area contributed by atoms with Crippen LogP contribution < -0.4 is 10.2 Å². The SMILES string of the molecule is CN(NC(=O)C(C)(C)Oc1ncccc1C(F)(F)F)C(Cc1ccc(Cl)cc1)c1cccc(Cl)c1. The zero-order chi connectivity index (χ0) is 25.8. The molecule has 0 aliphatic rings. The Balaban J connectivity index is 1.82. The summed E-state index contributed by atoms with van der Waals surface area (Å²) in [4.78, 5) is 16.8. The number of halogens is 5. The van der Waals surface area contributed by atoms with Crippen molar-refractivity contribution in [3.8, 4) is 5.88 Å². The first-order valence-electron chi connectivity index (χ1n) is 10.6. The van der Waals surface area contributed by atoms with Gasteiger partial charge in [0.2, 0.25) is 5.88 Å². The van der Waals surface area contributed by atoms with Crippen molar-refractivity contribution < 1.29 is 22.7 Å². The molecule has 1 heterocycles. The molecule has 3 aromatic rings. The van der Waals surface area contributed by atoms with E-state index >= 15 is 0 Å². The van der Waals surface area contributed by atoms with Crippen LogP contribution in [0.3, 0.4) is 0 Å². The molecule has 1 unspecified atom stereocenters. The van der Waals surface area contributed by atoms with Gasteiger partial charge in [-0.05, 0) is 67.8 Å². The molecule has 0 saturated heterocycles. The van der Waals surface area contributed by atoms with Crippen LogP contribution in [0.5, 0.6) is 5.88 Å². The molecule has 3 rings (SSSR count).